The smallest absolute Gasteiger partial charge is 0.270 e. The van der Waals surface area contributed by atoms with E-state index in [1.54, 1.807) is 0 Å². The van der Waals surface area contributed by atoms with Crippen LogP contribution >= 0.6 is 0 Å². The zero-order valence-electron chi connectivity index (χ0n) is 10.7. The molecule has 0 spiro atoms. The Morgan fingerprint density at radius 1 is 1.39 bits per heavy atom. The molecule has 0 atom stereocenters. The largest absolute Gasteiger partial charge is 0.594 e. The maximum Gasteiger partial charge on any atom is 0.270 e. The van der Waals surface area contributed by atoms with Gasteiger partial charge in [-0.3, -0.25) is 0 Å². The summed E-state index contributed by atoms with van der Waals surface area (Å²) in [5.74, 6) is 0.599. The van der Waals surface area contributed by atoms with Gasteiger partial charge in [-0.25, -0.2) is 4.98 Å². The number of likely N-dealkylation sites (N-methyl/N-ethyl adjacent to an activating group) is 1. The van der Waals surface area contributed by atoms with Crippen LogP contribution in [0.3, 0.4) is 0 Å². The van der Waals surface area contributed by atoms with Crippen LogP contribution in [0.15, 0.2) is 12.1 Å². The third-order valence-corrected chi connectivity index (χ3v) is 3.48. The lowest BCUT2D eigenvalue weighted by Gasteiger charge is -2.24. The van der Waals surface area contributed by atoms with E-state index in [1.165, 1.54) is 11.1 Å². The number of aromatic nitrogens is 3. The minimum Gasteiger partial charge on any atom is -0.594 e. The summed E-state index contributed by atoms with van der Waals surface area (Å²) in [6, 6.07) is 3.99. The van der Waals surface area contributed by atoms with Gasteiger partial charge in [0, 0.05) is 30.7 Å². The standard InChI is InChI=1S/C13H16N4O/c1-3-13-14-11-6-10-8-16(2)5-4-9(10)7-12(11)17(18)15-13/h6-7H,3-5,8H2,1-2H3. The van der Waals surface area contributed by atoms with E-state index in [2.05, 4.69) is 22.0 Å². The molecule has 0 amide bonds. The number of hydrogen-bond donors (Lipinski definition) is 0. The summed E-state index contributed by atoms with van der Waals surface area (Å²) in [5.41, 5.74) is 3.86. The van der Waals surface area contributed by atoms with Gasteiger partial charge in [0.15, 0.2) is 5.82 Å². The first-order chi connectivity index (χ1) is 8.67. The van der Waals surface area contributed by atoms with Crippen LogP contribution in [0.2, 0.25) is 0 Å². The molecular formula is C13H16N4O. The van der Waals surface area contributed by atoms with Crippen molar-refractivity contribution in [1.29, 1.82) is 0 Å². The predicted octanol–water partition coefficient (Wildman–Crippen LogP) is 0.814. The molecule has 2 heterocycles. The molecule has 1 aromatic heterocycles. The topological polar surface area (TPSA) is 56.0 Å². The number of nitrogens with zero attached hydrogens (tertiary/aromatic N) is 4. The summed E-state index contributed by atoms with van der Waals surface area (Å²) in [6.07, 6.45) is 1.66. The first kappa shape index (κ1) is 11.3. The molecule has 94 valence electrons. The van der Waals surface area contributed by atoms with Gasteiger partial charge < -0.3 is 10.1 Å². The highest BCUT2D eigenvalue weighted by Gasteiger charge is 2.18. The van der Waals surface area contributed by atoms with Crippen molar-refractivity contribution in [3.05, 3.63) is 34.3 Å². The molecule has 0 saturated carbocycles. The van der Waals surface area contributed by atoms with Crippen molar-refractivity contribution in [2.24, 2.45) is 0 Å². The SMILES string of the molecule is CCc1nc2cc3c(cc2[n+]([O-])n1)CCN(C)C3. The molecule has 18 heavy (non-hydrogen) atoms. The second-order valence-electron chi connectivity index (χ2n) is 4.85. The number of aryl methyl sites for hydroxylation is 1. The number of hydrogen-bond acceptors (Lipinski definition) is 4. The predicted molar refractivity (Wildman–Crippen MR) is 67.9 cm³/mol. The van der Waals surface area contributed by atoms with Gasteiger partial charge in [0.05, 0.1) is 0 Å². The van der Waals surface area contributed by atoms with E-state index >= 15 is 0 Å². The zero-order valence-corrected chi connectivity index (χ0v) is 10.7. The van der Waals surface area contributed by atoms with Crippen molar-refractivity contribution < 1.29 is 4.85 Å². The van der Waals surface area contributed by atoms with Crippen LogP contribution in [0.4, 0.5) is 0 Å². The maximum atomic E-state index is 11.9. The molecule has 0 bridgehead atoms. The summed E-state index contributed by atoms with van der Waals surface area (Å²) in [6.45, 7) is 3.91. The van der Waals surface area contributed by atoms with Crippen molar-refractivity contribution in [1.82, 2.24) is 15.0 Å². The summed E-state index contributed by atoms with van der Waals surface area (Å²) in [5, 5.41) is 15.8. The van der Waals surface area contributed by atoms with E-state index in [1.807, 2.05) is 19.1 Å². The van der Waals surface area contributed by atoms with E-state index in [0.29, 0.717) is 22.6 Å². The van der Waals surface area contributed by atoms with Gasteiger partial charge in [-0.15, -0.1) is 0 Å². The van der Waals surface area contributed by atoms with Gasteiger partial charge >= 0.3 is 0 Å². The van der Waals surface area contributed by atoms with Crippen LogP contribution < -0.4 is 4.85 Å². The Morgan fingerprint density at radius 2 is 2.22 bits per heavy atom. The number of benzene rings is 1. The van der Waals surface area contributed by atoms with Crippen LogP contribution in [0, 0.1) is 5.21 Å². The molecule has 0 fully saturated rings. The van der Waals surface area contributed by atoms with Crippen molar-refractivity contribution in [2.45, 2.75) is 26.3 Å². The lowest BCUT2D eigenvalue weighted by molar-refractivity contribution is -0.644. The van der Waals surface area contributed by atoms with Crippen molar-refractivity contribution in [3.63, 3.8) is 0 Å². The quantitative estimate of drug-likeness (QED) is 0.550. The van der Waals surface area contributed by atoms with E-state index in [0.717, 1.165) is 25.0 Å². The fraction of sp³-hybridized carbons (Fsp3) is 0.462. The van der Waals surface area contributed by atoms with Crippen LogP contribution in [0.1, 0.15) is 23.9 Å². The summed E-state index contributed by atoms with van der Waals surface area (Å²) < 4.78 is 0. The average Bonchev–Trinajstić information content (AvgIpc) is 2.36. The molecule has 2 aromatic rings. The molecule has 3 rings (SSSR count). The molecule has 0 radical (unpaired) electrons. The van der Waals surface area contributed by atoms with E-state index < -0.39 is 0 Å². The third kappa shape index (κ3) is 1.80. The molecule has 5 heteroatoms. The molecule has 5 nitrogen and oxygen atoms in total. The molecule has 1 aliphatic heterocycles. The molecule has 1 aliphatic rings. The van der Waals surface area contributed by atoms with Gasteiger partial charge in [0.1, 0.15) is 5.52 Å². The van der Waals surface area contributed by atoms with Gasteiger partial charge in [0.2, 0.25) is 0 Å². The Kier molecular flexibility index (Phi) is 2.63. The van der Waals surface area contributed by atoms with Crippen molar-refractivity contribution in [2.75, 3.05) is 13.6 Å². The van der Waals surface area contributed by atoms with Gasteiger partial charge in [-0.2, -0.15) is 0 Å². The lowest BCUT2D eigenvalue weighted by Crippen LogP contribution is -2.35. The molecule has 1 aromatic carbocycles. The lowest BCUT2D eigenvalue weighted by atomic mass is 9.99. The number of rotatable bonds is 1. The first-order valence-corrected chi connectivity index (χ1v) is 6.28. The molecular weight excluding hydrogens is 228 g/mol. The highest BCUT2D eigenvalue weighted by Crippen LogP contribution is 2.21. The second kappa shape index (κ2) is 4.17. The van der Waals surface area contributed by atoms with Crippen LogP contribution in [-0.4, -0.2) is 28.6 Å². The van der Waals surface area contributed by atoms with E-state index in [9.17, 15) is 5.21 Å². The minimum atomic E-state index is 0.579. The van der Waals surface area contributed by atoms with Crippen LogP contribution in [0.25, 0.3) is 11.0 Å². The molecule has 0 N–H and O–H groups in total. The Balaban J connectivity index is 2.21. The third-order valence-electron chi connectivity index (χ3n) is 3.48. The van der Waals surface area contributed by atoms with Crippen LogP contribution in [-0.2, 0) is 19.4 Å². The monoisotopic (exact) mass is 244 g/mol. The van der Waals surface area contributed by atoms with Crippen molar-refractivity contribution >= 4 is 11.0 Å². The van der Waals surface area contributed by atoms with Gasteiger partial charge in [-0.05, 0) is 35.5 Å². The average molecular weight is 244 g/mol. The second-order valence-corrected chi connectivity index (χ2v) is 4.85. The molecule has 0 unspecified atom stereocenters. The van der Waals surface area contributed by atoms with Gasteiger partial charge in [0.25, 0.3) is 5.52 Å². The molecule has 0 saturated heterocycles. The fourth-order valence-electron chi connectivity index (χ4n) is 2.44. The van der Waals surface area contributed by atoms with Crippen molar-refractivity contribution in [3.8, 4) is 0 Å². The fourth-order valence-corrected chi connectivity index (χ4v) is 2.44. The maximum absolute atomic E-state index is 11.9. The zero-order chi connectivity index (χ0) is 12.7. The Hall–Kier alpha value is -1.75. The first-order valence-electron chi connectivity index (χ1n) is 6.28. The minimum absolute atomic E-state index is 0.579. The summed E-state index contributed by atoms with van der Waals surface area (Å²) in [4.78, 5) is 7.42. The van der Waals surface area contributed by atoms with E-state index in [-0.39, 0.29) is 0 Å². The number of fused-ring (bicyclic) bond motifs is 2. The summed E-state index contributed by atoms with van der Waals surface area (Å²) >= 11 is 0. The molecule has 0 aliphatic carbocycles. The Bertz CT molecular complexity index is 611. The normalized spacial score (nSPS) is 15.9. The Morgan fingerprint density at radius 3 is 3.00 bits per heavy atom. The summed E-state index contributed by atoms with van der Waals surface area (Å²) in [7, 11) is 2.11. The highest BCUT2D eigenvalue weighted by atomic mass is 16.5. The Labute approximate surface area is 106 Å². The van der Waals surface area contributed by atoms with Gasteiger partial charge in [-0.1, -0.05) is 6.92 Å². The van der Waals surface area contributed by atoms with Crippen LogP contribution in [0.5, 0.6) is 0 Å². The van der Waals surface area contributed by atoms with E-state index in [4.69, 9.17) is 0 Å². The highest BCUT2D eigenvalue weighted by molar-refractivity contribution is 5.73.